The summed E-state index contributed by atoms with van der Waals surface area (Å²) in [6, 6.07) is 4.40. The number of methoxy groups -OCH3 is 1. The van der Waals surface area contributed by atoms with E-state index in [2.05, 4.69) is 31.3 Å². The molecule has 0 atom stereocenters. The van der Waals surface area contributed by atoms with Crippen molar-refractivity contribution in [3.63, 3.8) is 0 Å². The largest absolute Gasteiger partial charge is 0.496 e. The standard InChI is InChI=1S/C16H25NO2/c1-12-8-14(9-13(2)15(12)19-3)4-7-17-10-16(11-18)5-6-16/h8-9,17-18H,4-7,10-11H2,1-3H3. The molecule has 106 valence electrons. The van der Waals surface area contributed by atoms with Crippen LogP contribution in [-0.4, -0.2) is 31.9 Å². The van der Waals surface area contributed by atoms with E-state index in [1.807, 2.05) is 0 Å². The molecule has 0 amide bonds. The Labute approximate surface area is 116 Å². The highest BCUT2D eigenvalue weighted by Crippen LogP contribution is 2.44. The smallest absolute Gasteiger partial charge is 0.124 e. The topological polar surface area (TPSA) is 41.5 Å². The van der Waals surface area contributed by atoms with Crippen LogP contribution in [0.4, 0.5) is 0 Å². The van der Waals surface area contributed by atoms with Gasteiger partial charge in [-0.1, -0.05) is 12.1 Å². The SMILES string of the molecule is COc1c(C)cc(CCNCC2(CO)CC2)cc1C. The highest BCUT2D eigenvalue weighted by atomic mass is 16.5. The van der Waals surface area contributed by atoms with Crippen molar-refractivity contribution in [3.8, 4) is 5.75 Å². The van der Waals surface area contributed by atoms with Crippen LogP contribution in [-0.2, 0) is 6.42 Å². The third kappa shape index (κ3) is 3.48. The summed E-state index contributed by atoms with van der Waals surface area (Å²) in [4.78, 5) is 0. The van der Waals surface area contributed by atoms with Crippen molar-refractivity contribution >= 4 is 0 Å². The van der Waals surface area contributed by atoms with Gasteiger partial charge in [-0.2, -0.15) is 0 Å². The van der Waals surface area contributed by atoms with Crippen LogP contribution in [0.1, 0.15) is 29.5 Å². The maximum absolute atomic E-state index is 9.25. The molecule has 2 N–H and O–H groups in total. The first-order valence-electron chi connectivity index (χ1n) is 7.06. The minimum Gasteiger partial charge on any atom is -0.496 e. The number of rotatable bonds is 7. The molecule has 0 spiro atoms. The summed E-state index contributed by atoms with van der Waals surface area (Å²) >= 11 is 0. The van der Waals surface area contributed by atoms with Gasteiger partial charge in [0.2, 0.25) is 0 Å². The van der Waals surface area contributed by atoms with Crippen molar-refractivity contribution in [2.45, 2.75) is 33.1 Å². The Morgan fingerprint density at radius 3 is 2.37 bits per heavy atom. The molecule has 0 aromatic heterocycles. The molecular weight excluding hydrogens is 238 g/mol. The zero-order chi connectivity index (χ0) is 13.9. The van der Waals surface area contributed by atoms with Crippen molar-refractivity contribution in [1.82, 2.24) is 5.32 Å². The van der Waals surface area contributed by atoms with Gasteiger partial charge >= 0.3 is 0 Å². The van der Waals surface area contributed by atoms with Crippen LogP contribution in [0.2, 0.25) is 0 Å². The quantitative estimate of drug-likeness (QED) is 0.741. The van der Waals surface area contributed by atoms with E-state index in [1.54, 1.807) is 7.11 Å². The lowest BCUT2D eigenvalue weighted by Gasteiger charge is -2.14. The van der Waals surface area contributed by atoms with Crippen LogP contribution < -0.4 is 10.1 Å². The molecule has 1 aliphatic rings. The molecule has 2 rings (SSSR count). The van der Waals surface area contributed by atoms with Gasteiger partial charge in [0.15, 0.2) is 0 Å². The van der Waals surface area contributed by atoms with Crippen LogP contribution in [0.15, 0.2) is 12.1 Å². The number of ether oxygens (including phenoxy) is 1. The summed E-state index contributed by atoms with van der Waals surface area (Å²) in [5.41, 5.74) is 3.95. The molecule has 3 heteroatoms. The van der Waals surface area contributed by atoms with E-state index in [4.69, 9.17) is 4.74 Å². The number of aryl methyl sites for hydroxylation is 2. The molecule has 0 saturated heterocycles. The average Bonchev–Trinajstić information content (AvgIpc) is 3.15. The second-order valence-corrected chi connectivity index (χ2v) is 5.85. The van der Waals surface area contributed by atoms with Gasteiger partial charge in [0.05, 0.1) is 7.11 Å². The number of nitrogens with one attached hydrogen (secondary N) is 1. The van der Waals surface area contributed by atoms with Crippen LogP contribution in [0, 0.1) is 19.3 Å². The minimum absolute atomic E-state index is 0.200. The molecule has 0 aliphatic heterocycles. The lowest BCUT2D eigenvalue weighted by Crippen LogP contribution is -2.28. The zero-order valence-electron chi connectivity index (χ0n) is 12.3. The summed E-state index contributed by atoms with van der Waals surface area (Å²) in [5.74, 6) is 0.994. The van der Waals surface area contributed by atoms with E-state index in [9.17, 15) is 5.11 Å². The predicted octanol–water partition coefficient (Wildman–Crippen LogP) is 2.22. The number of hydrogen-bond acceptors (Lipinski definition) is 3. The molecule has 0 unspecified atom stereocenters. The van der Waals surface area contributed by atoms with Gasteiger partial charge in [-0.25, -0.2) is 0 Å². The van der Waals surface area contributed by atoms with Crippen LogP contribution in [0.5, 0.6) is 5.75 Å². The fraction of sp³-hybridized carbons (Fsp3) is 0.625. The maximum Gasteiger partial charge on any atom is 0.124 e. The number of benzene rings is 1. The summed E-state index contributed by atoms with van der Waals surface area (Å²) in [6.07, 6.45) is 3.35. The first kappa shape index (κ1) is 14.4. The molecule has 0 heterocycles. The second kappa shape index (κ2) is 5.93. The van der Waals surface area contributed by atoms with Crippen molar-refractivity contribution in [3.05, 3.63) is 28.8 Å². The highest BCUT2D eigenvalue weighted by molar-refractivity contribution is 5.43. The second-order valence-electron chi connectivity index (χ2n) is 5.85. The molecule has 1 aliphatic carbocycles. The van der Waals surface area contributed by atoms with Gasteiger partial charge in [0, 0.05) is 18.6 Å². The van der Waals surface area contributed by atoms with Crippen molar-refractivity contribution in [1.29, 1.82) is 0 Å². The third-order valence-electron chi connectivity index (χ3n) is 4.11. The molecule has 1 aromatic carbocycles. The van der Waals surface area contributed by atoms with Crippen LogP contribution in [0.25, 0.3) is 0 Å². The Balaban J connectivity index is 1.83. The fourth-order valence-electron chi connectivity index (χ4n) is 2.66. The van der Waals surface area contributed by atoms with Gasteiger partial charge in [0.25, 0.3) is 0 Å². The monoisotopic (exact) mass is 263 g/mol. The first-order valence-corrected chi connectivity index (χ1v) is 7.06. The average molecular weight is 263 g/mol. The summed E-state index contributed by atoms with van der Waals surface area (Å²) in [6.45, 7) is 6.41. The lowest BCUT2D eigenvalue weighted by atomic mass is 10.0. The van der Waals surface area contributed by atoms with E-state index in [1.165, 1.54) is 16.7 Å². The lowest BCUT2D eigenvalue weighted by molar-refractivity contribution is 0.208. The maximum atomic E-state index is 9.25. The zero-order valence-corrected chi connectivity index (χ0v) is 12.3. The number of aliphatic hydroxyl groups is 1. The van der Waals surface area contributed by atoms with E-state index in [0.29, 0.717) is 6.61 Å². The number of aliphatic hydroxyl groups excluding tert-OH is 1. The van der Waals surface area contributed by atoms with Crippen molar-refractivity contribution < 1.29 is 9.84 Å². The Hall–Kier alpha value is -1.06. The van der Waals surface area contributed by atoms with Gasteiger partial charge < -0.3 is 15.2 Å². The normalized spacial score (nSPS) is 16.4. The summed E-state index contributed by atoms with van der Waals surface area (Å²) in [5, 5.41) is 12.7. The summed E-state index contributed by atoms with van der Waals surface area (Å²) in [7, 11) is 1.72. The van der Waals surface area contributed by atoms with E-state index in [0.717, 1.165) is 38.1 Å². The fourth-order valence-corrected chi connectivity index (χ4v) is 2.66. The molecule has 0 radical (unpaired) electrons. The Morgan fingerprint density at radius 2 is 1.89 bits per heavy atom. The van der Waals surface area contributed by atoms with E-state index >= 15 is 0 Å². The highest BCUT2D eigenvalue weighted by Gasteiger charge is 2.41. The van der Waals surface area contributed by atoms with E-state index < -0.39 is 0 Å². The Morgan fingerprint density at radius 1 is 1.26 bits per heavy atom. The van der Waals surface area contributed by atoms with Gasteiger partial charge in [-0.3, -0.25) is 0 Å². The third-order valence-corrected chi connectivity index (χ3v) is 4.11. The molecule has 1 saturated carbocycles. The van der Waals surface area contributed by atoms with Gasteiger partial charge in [-0.15, -0.1) is 0 Å². The summed E-state index contributed by atoms with van der Waals surface area (Å²) < 4.78 is 5.38. The molecule has 19 heavy (non-hydrogen) atoms. The molecule has 0 bridgehead atoms. The van der Waals surface area contributed by atoms with Crippen molar-refractivity contribution in [2.75, 3.05) is 26.8 Å². The number of hydrogen-bond donors (Lipinski definition) is 2. The van der Waals surface area contributed by atoms with E-state index in [-0.39, 0.29) is 5.41 Å². The molecule has 1 aromatic rings. The predicted molar refractivity (Wildman–Crippen MR) is 77.8 cm³/mol. The molecule has 1 fully saturated rings. The Bertz CT molecular complexity index is 415. The Kier molecular flexibility index (Phi) is 4.48. The van der Waals surface area contributed by atoms with Gasteiger partial charge in [0.1, 0.15) is 5.75 Å². The van der Waals surface area contributed by atoms with Crippen LogP contribution >= 0.6 is 0 Å². The first-order chi connectivity index (χ1) is 9.10. The minimum atomic E-state index is 0.200. The molecular formula is C16H25NO2. The molecule has 3 nitrogen and oxygen atoms in total. The van der Waals surface area contributed by atoms with Crippen molar-refractivity contribution in [2.24, 2.45) is 5.41 Å². The van der Waals surface area contributed by atoms with Gasteiger partial charge in [-0.05, 0) is 56.3 Å². The van der Waals surface area contributed by atoms with Crippen LogP contribution in [0.3, 0.4) is 0 Å².